The minimum Gasteiger partial charge on any atom is -0.493 e. The maximum Gasteiger partial charge on any atom is 0.274 e. The quantitative estimate of drug-likeness (QED) is 0.797. The van der Waals surface area contributed by atoms with Gasteiger partial charge < -0.3 is 9.47 Å². The van der Waals surface area contributed by atoms with Crippen molar-refractivity contribution in [2.45, 2.75) is 12.8 Å². The Kier molecular flexibility index (Phi) is 3.33. The third-order valence-corrected chi connectivity index (χ3v) is 2.08. The summed E-state index contributed by atoms with van der Waals surface area (Å²) < 4.78 is 36.4. The first-order valence-corrected chi connectivity index (χ1v) is 4.48. The molecule has 1 aromatic rings. The molecule has 0 aliphatic carbocycles. The average molecular weight is 227 g/mol. The van der Waals surface area contributed by atoms with Crippen LogP contribution in [-0.2, 0) is 5.92 Å². The Morgan fingerprint density at radius 3 is 2.25 bits per heavy atom. The van der Waals surface area contributed by atoms with Gasteiger partial charge in [0.15, 0.2) is 11.5 Å². The molecule has 0 bridgehead atoms. The van der Waals surface area contributed by atoms with E-state index < -0.39 is 5.92 Å². The molecule has 0 aromatic heterocycles. The Labute approximate surface area is 92.2 Å². The standard InChI is InChI=1S/C11H11F2NO2/c1-11(12,13)8-4-7(6-14)5-9(15-2)10(8)16-3/h4-5H,1-3H3. The highest BCUT2D eigenvalue weighted by atomic mass is 19.3. The monoisotopic (exact) mass is 227 g/mol. The zero-order chi connectivity index (χ0) is 12.3. The first-order valence-electron chi connectivity index (χ1n) is 4.48. The normalized spacial score (nSPS) is 10.8. The van der Waals surface area contributed by atoms with Crippen LogP contribution in [0.4, 0.5) is 8.78 Å². The van der Waals surface area contributed by atoms with Crippen LogP contribution in [0.5, 0.6) is 11.5 Å². The lowest BCUT2D eigenvalue weighted by atomic mass is 10.0. The third kappa shape index (κ3) is 2.22. The molecule has 0 N–H and O–H groups in total. The van der Waals surface area contributed by atoms with Gasteiger partial charge in [-0.15, -0.1) is 0 Å². The minimum absolute atomic E-state index is 0.0472. The molecule has 0 saturated carbocycles. The van der Waals surface area contributed by atoms with E-state index in [-0.39, 0.29) is 22.6 Å². The van der Waals surface area contributed by atoms with Crippen molar-refractivity contribution >= 4 is 0 Å². The van der Waals surface area contributed by atoms with Gasteiger partial charge in [0.25, 0.3) is 5.92 Å². The summed E-state index contributed by atoms with van der Waals surface area (Å²) in [4.78, 5) is 0. The highest BCUT2D eigenvalue weighted by Gasteiger charge is 2.31. The number of rotatable bonds is 3. The smallest absolute Gasteiger partial charge is 0.274 e. The van der Waals surface area contributed by atoms with Crippen molar-refractivity contribution in [2.24, 2.45) is 0 Å². The lowest BCUT2D eigenvalue weighted by molar-refractivity contribution is 0.0147. The van der Waals surface area contributed by atoms with E-state index in [0.29, 0.717) is 0 Å². The van der Waals surface area contributed by atoms with Crippen LogP contribution in [0.15, 0.2) is 12.1 Å². The van der Waals surface area contributed by atoms with Crippen LogP contribution in [0.25, 0.3) is 0 Å². The third-order valence-electron chi connectivity index (χ3n) is 2.08. The number of nitrogens with zero attached hydrogens (tertiary/aromatic N) is 1. The van der Waals surface area contributed by atoms with Crippen molar-refractivity contribution in [1.82, 2.24) is 0 Å². The molecule has 1 rings (SSSR count). The molecule has 86 valence electrons. The van der Waals surface area contributed by atoms with Crippen LogP contribution in [0.2, 0.25) is 0 Å². The van der Waals surface area contributed by atoms with Gasteiger partial charge in [0, 0.05) is 13.0 Å². The summed E-state index contributed by atoms with van der Waals surface area (Å²) in [6.45, 7) is 0.742. The second-order valence-corrected chi connectivity index (χ2v) is 3.26. The molecular weight excluding hydrogens is 216 g/mol. The SMILES string of the molecule is COc1cc(C#N)cc(C(C)(F)F)c1OC. The molecule has 0 spiro atoms. The molecule has 0 aliphatic rings. The predicted octanol–water partition coefficient (Wildman–Crippen LogP) is 2.69. The van der Waals surface area contributed by atoms with Crippen LogP contribution in [0.1, 0.15) is 18.1 Å². The molecule has 0 unspecified atom stereocenters. The summed E-state index contributed by atoms with van der Waals surface area (Å²) in [5, 5.41) is 8.72. The van der Waals surface area contributed by atoms with E-state index in [9.17, 15) is 8.78 Å². The first kappa shape index (κ1) is 12.2. The molecule has 0 saturated heterocycles. The van der Waals surface area contributed by atoms with E-state index in [1.165, 1.54) is 20.3 Å². The highest BCUT2D eigenvalue weighted by Crippen LogP contribution is 2.41. The van der Waals surface area contributed by atoms with E-state index in [0.717, 1.165) is 13.0 Å². The molecule has 16 heavy (non-hydrogen) atoms. The number of alkyl halides is 2. The number of halogens is 2. The van der Waals surface area contributed by atoms with Gasteiger partial charge in [0.05, 0.1) is 31.4 Å². The Hall–Kier alpha value is -1.83. The van der Waals surface area contributed by atoms with Crippen LogP contribution in [0, 0.1) is 11.3 Å². The van der Waals surface area contributed by atoms with Crippen molar-refractivity contribution in [1.29, 1.82) is 5.26 Å². The van der Waals surface area contributed by atoms with Gasteiger partial charge in [-0.3, -0.25) is 0 Å². The van der Waals surface area contributed by atoms with Gasteiger partial charge in [-0.05, 0) is 6.07 Å². The summed E-state index contributed by atoms with van der Waals surface area (Å²) in [6, 6.07) is 4.25. The van der Waals surface area contributed by atoms with Gasteiger partial charge in [0.2, 0.25) is 0 Å². The molecule has 0 fully saturated rings. The largest absolute Gasteiger partial charge is 0.493 e. The molecule has 0 radical (unpaired) electrons. The number of nitriles is 1. The summed E-state index contributed by atoms with van der Waals surface area (Å²) >= 11 is 0. The van der Waals surface area contributed by atoms with Crippen molar-refractivity contribution in [3.8, 4) is 17.6 Å². The molecular formula is C11H11F2NO2. The van der Waals surface area contributed by atoms with Crippen LogP contribution < -0.4 is 9.47 Å². The fraction of sp³-hybridized carbons (Fsp3) is 0.364. The molecule has 5 heteroatoms. The second-order valence-electron chi connectivity index (χ2n) is 3.26. The van der Waals surface area contributed by atoms with E-state index in [4.69, 9.17) is 14.7 Å². The maximum atomic E-state index is 13.3. The van der Waals surface area contributed by atoms with E-state index in [1.807, 2.05) is 0 Å². The molecule has 0 heterocycles. The van der Waals surface area contributed by atoms with Crippen LogP contribution in [0.3, 0.4) is 0 Å². The van der Waals surface area contributed by atoms with Crippen molar-refractivity contribution < 1.29 is 18.3 Å². The molecule has 0 atom stereocenters. The van der Waals surface area contributed by atoms with Crippen molar-refractivity contribution in [3.05, 3.63) is 23.3 Å². The Balaban J connectivity index is 3.51. The number of hydrogen-bond donors (Lipinski definition) is 0. The van der Waals surface area contributed by atoms with E-state index in [1.54, 1.807) is 6.07 Å². The fourth-order valence-corrected chi connectivity index (χ4v) is 1.36. The van der Waals surface area contributed by atoms with Crippen molar-refractivity contribution in [3.63, 3.8) is 0 Å². The van der Waals surface area contributed by atoms with E-state index >= 15 is 0 Å². The summed E-state index contributed by atoms with van der Waals surface area (Å²) in [5.74, 6) is -3.02. The molecule has 0 amide bonds. The van der Waals surface area contributed by atoms with Crippen LogP contribution >= 0.6 is 0 Å². The fourth-order valence-electron chi connectivity index (χ4n) is 1.36. The summed E-state index contributed by atoms with van der Waals surface area (Å²) in [5.41, 5.74) is -0.250. The number of ether oxygens (including phenoxy) is 2. The summed E-state index contributed by atoms with van der Waals surface area (Å²) in [6.07, 6.45) is 0. The lowest BCUT2D eigenvalue weighted by Gasteiger charge is -2.17. The van der Waals surface area contributed by atoms with Gasteiger partial charge in [-0.1, -0.05) is 0 Å². The van der Waals surface area contributed by atoms with Crippen molar-refractivity contribution in [2.75, 3.05) is 14.2 Å². The average Bonchev–Trinajstić information content (AvgIpc) is 2.25. The highest BCUT2D eigenvalue weighted by molar-refractivity contribution is 5.53. The Morgan fingerprint density at radius 1 is 1.25 bits per heavy atom. The van der Waals surface area contributed by atoms with Gasteiger partial charge in [-0.2, -0.15) is 5.26 Å². The van der Waals surface area contributed by atoms with Crippen LogP contribution in [-0.4, -0.2) is 14.2 Å². The summed E-state index contributed by atoms with van der Waals surface area (Å²) in [7, 11) is 2.61. The minimum atomic E-state index is -3.09. The molecule has 3 nitrogen and oxygen atoms in total. The van der Waals surface area contributed by atoms with Gasteiger partial charge in [0.1, 0.15) is 0 Å². The predicted molar refractivity (Wildman–Crippen MR) is 53.8 cm³/mol. The Bertz CT molecular complexity index is 433. The maximum absolute atomic E-state index is 13.3. The second kappa shape index (κ2) is 4.35. The lowest BCUT2D eigenvalue weighted by Crippen LogP contribution is -2.10. The number of benzene rings is 1. The zero-order valence-corrected chi connectivity index (χ0v) is 9.17. The van der Waals surface area contributed by atoms with Gasteiger partial charge in [-0.25, -0.2) is 8.78 Å². The molecule has 0 aliphatic heterocycles. The zero-order valence-electron chi connectivity index (χ0n) is 9.17. The number of methoxy groups -OCH3 is 2. The van der Waals surface area contributed by atoms with E-state index in [2.05, 4.69) is 0 Å². The topological polar surface area (TPSA) is 42.2 Å². The number of hydrogen-bond acceptors (Lipinski definition) is 3. The van der Waals surface area contributed by atoms with Gasteiger partial charge >= 0.3 is 0 Å². The Morgan fingerprint density at radius 2 is 1.88 bits per heavy atom. The first-order chi connectivity index (χ1) is 7.43. The molecule has 1 aromatic carbocycles.